The first-order valence-electron chi connectivity index (χ1n) is 7.75. The monoisotopic (exact) mass is 295 g/mol. The molecule has 1 aliphatic rings. The van der Waals surface area contributed by atoms with Gasteiger partial charge in [0.05, 0.1) is 5.54 Å². The van der Waals surface area contributed by atoms with Crippen LogP contribution in [0, 0.1) is 11.6 Å². The molecule has 1 aromatic rings. The van der Waals surface area contributed by atoms with Crippen molar-refractivity contribution < 1.29 is 13.6 Å². The minimum Gasteiger partial charge on any atom is -0.297 e. The largest absolute Gasteiger partial charge is 0.297 e. The number of hydrogen-bond donors (Lipinski definition) is 0. The van der Waals surface area contributed by atoms with E-state index in [-0.39, 0.29) is 12.2 Å². The highest BCUT2D eigenvalue weighted by Crippen LogP contribution is 2.37. The van der Waals surface area contributed by atoms with Crippen LogP contribution in [0.1, 0.15) is 45.1 Å². The molecule has 2 nitrogen and oxygen atoms in total. The normalized spacial score (nSPS) is 17.4. The van der Waals surface area contributed by atoms with Crippen molar-refractivity contribution in [1.29, 1.82) is 0 Å². The standard InChI is InChI=1S/C17H23F2NO/c1-3-20(4-2)17(9-5-6-10-17)16(21)11-13-7-8-14(18)12-15(13)19/h7-8,12H,3-6,9-11H2,1-2H3. The highest BCUT2D eigenvalue weighted by atomic mass is 19.1. The molecule has 21 heavy (non-hydrogen) atoms. The van der Waals surface area contributed by atoms with Crippen molar-refractivity contribution in [1.82, 2.24) is 4.90 Å². The molecule has 2 rings (SSSR count). The Morgan fingerprint density at radius 1 is 1.19 bits per heavy atom. The van der Waals surface area contributed by atoms with Crippen molar-refractivity contribution in [2.45, 2.75) is 51.5 Å². The molecule has 1 saturated carbocycles. The smallest absolute Gasteiger partial charge is 0.157 e. The molecule has 0 aliphatic heterocycles. The minimum atomic E-state index is -0.629. The molecule has 0 atom stereocenters. The van der Waals surface area contributed by atoms with Crippen molar-refractivity contribution >= 4 is 5.78 Å². The summed E-state index contributed by atoms with van der Waals surface area (Å²) in [5.74, 6) is -1.17. The van der Waals surface area contributed by atoms with Crippen molar-refractivity contribution in [3.8, 4) is 0 Å². The number of benzene rings is 1. The van der Waals surface area contributed by atoms with E-state index in [9.17, 15) is 13.6 Å². The third-order valence-electron chi connectivity index (χ3n) is 4.68. The molecule has 0 spiro atoms. The minimum absolute atomic E-state index is 0.0443. The number of carbonyl (C=O) groups excluding carboxylic acids is 1. The number of halogens is 2. The molecule has 1 fully saturated rings. The molecule has 116 valence electrons. The number of ketones is 1. The van der Waals surface area contributed by atoms with Crippen LogP contribution in [0.15, 0.2) is 18.2 Å². The van der Waals surface area contributed by atoms with Gasteiger partial charge in [-0.15, -0.1) is 0 Å². The van der Waals surface area contributed by atoms with Crippen LogP contribution >= 0.6 is 0 Å². The zero-order valence-electron chi connectivity index (χ0n) is 12.8. The lowest BCUT2D eigenvalue weighted by Crippen LogP contribution is -2.53. The highest BCUT2D eigenvalue weighted by Gasteiger charge is 2.44. The topological polar surface area (TPSA) is 20.3 Å². The molecule has 0 bridgehead atoms. The Balaban J connectivity index is 2.23. The lowest BCUT2D eigenvalue weighted by atomic mass is 9.86. The van der Waals surface area contributed by atoms with E-state index in [1.807, 2.05) is 0 Å². The zero-order valence-corrected chi connectivity index (χ0v) is 12.8. The summed E-state index contributed by atoms with van der Waals surface area (Å²) in [6.45, 7) is 5.73. The summed E-state index contributed by atoms with van der Waals surface area (Å²) in [6, 6.07) is 3.44. The van der Waals surface area contributed by atoms with E-state index < -0.39 is 17.2 Å². The van der Waals surface area contributed by atoms with Gasteiger partial charge in [-0.2, -0.15) is 0 Å². The number of Topliss-reactive ketones (excluding diaryl/α,β-unsaturated/α-hetero) is 1. The van der Waals surface area contributed by atoms with E-state index in [0.29, 0.717) is 5.56 Å². The van der Waals surface area contributed by atoms with Gasteiger partial charge in [0.2, 0.25) is 0 Å². The van der Waals surface area contributed by atoms with Crippen LogP contribution in [0.2, 0.25) is 0 Å². The van der Waals surface area contributed by atoms with Gasteiger partial charge in [0, 0.05) is 12.5 Å². The molecule has 0 amide bonds. The summed E-state index contributed by atoms with van der Waals surface area (Å²) in [7, 11) is 0. The fourth-order valence-corrected chi connectivity index (χ4v) is 3.56. The van der Waals surface area contributed by atoms with Crippen LogP contribution in [0.3, 0.4) is 0 Å². The molecule has 0 unspecified atom stereocenters. The maximum absolute atomic E-state index is 13.8. The van der Waals surface area contributed by atoms with Crippen molar-refractivity contribution in [3.63, 3.8) is 0 Å². The Bertz CT molecular complexity index is 506. The molecular formula is C17H23F2NO. The van der Waals surface area contributed by atoms with Gasteiger partial charge < -0.3 is 0 Å². The molecule has 0 saturated heterocycles. The first-order chi connectivity index (χ1) is 10.0. The SMILES string of the molecule is CCN(CC)C1(C(=O)Cc2ccc(F)cc2F)CCCC1. The fourth-order valence-electron chi connectivity index (χ4n) is 3.56. The van der Waals surface area contributed by atoms with Gasteiger partial charge in [-0.3, -0.25) is 9.69 Å². The van der Waals surface area contributed by atoms with Gasteiger partial charge in [0.1, 0.15) is 11.6 Å². The lowest BCUT2D eigenvalue weighted by molar-refractivity contribution is -0.130. The van der Waals surface area contributed by atoms with E-state index in [1.54, 1.807) is 0 Å². The average molecular weight is 295 g/mol. The van der Waals surface area contributed by atoms with Gasteiger partial charge >= 0.3 is 0 Å². The van der Waals surface area contributed by atoms with E-state index >= 15 is 0 Å². The second-order valence-electron chi connectivity index (χ2n) is 5.75. The van der Waals surface area contributed by atoms with Crippen molar-refractivity contribution in [2.75, 3.05) is 13.1 Å². The summed E-state index contributed by atoms with van der Waals surface area (Å²) >= 11 is 0. The van der Waals surface area contributed by atoms with Crippen molar-refractivity contribution in [2.24, 2.45) is 0 Å². The van der Waals surface area contributed by atoms with E-state index in [1.165, 1.54) is 12.1 Å². The molecule has 4 heteroatoms. The zero-order chi connectivity index (χ0) is 15.5. The van der Waals surface area contributed by atoms with Crippen LogP contribution in [-0.4, -0.2) is 29.3 Å². The Hall–Kier alpha value is -1.29. The number of nitrogens with zero attached hydrogens (tertiary/aromatic N) is 1. The Morgan fingerprint density at radius 2 is 1.81 bits per heavy atom. The maximum atomic E-state index is 13.8. The predicted molar refractivity (Wildman–Crippen MR) is 79.2 cm³/mol. The average Bonchev–Trinajstić information content (AvgIpc) is 2.94. The van der Waals surface area contributed by atoms with E-state index in [2.05, 4.69) is 18.7 Å². The van der Waals surface area contributed by atoms with Crippen LogP contribution in [0.25, 0.3) is 0 Å². The number of carbonyl (C=O) groups is 1. The third kappa shape index (κ3) is 3.15. The van der Waals surface area contributed by atoms with E-state index in [0.717, 1.165) is 44.8 Å². The summed E-state index contributed by atoms with van der Waals surface area (Å²) in [5, 5.41) is 0. The molecular weight excluding hydrogens is 272 g/mol. The Labute approximate surface area is 125 Å². The van der Waals surface area contributed by atoms with Crippen LogP contribution < -0.4 is 0 Å². The second-order valence-corrected chi connectivity index (χ2v) is 5.75. The molecule has 0 radical (unpaired) electrons. The number of rotatable bonds is 6. The third-order valence-corrected chi connectivity index (χ3v) is 4.68. The first kappa shape index (κ1) is 16.1. The van der Waals surface area contributed by atoms with Crippen LogP contribution in [0.5, 0.6) is 0 Å². The second kappa shape index (κ2) is 6.65. The molecule has 0 N–H and O–H groups in total. The van der Waals surface area contributed by atoms with Crippen molar-refractivity contribution in [3.05, 3.63) is 35.4 Å². The van der Waals surface area contributed by atoms with Gasteiger partial charge in [0.15, 0.2) is 5.78 Å². The fraction of sp³-hybridized carbons (Fsp3) is 0.588. The lowest BCUT2D eigenvalue weighted by Gasteiger charge is -2.39. The van der Waals surface area contributed by atoms with Crippen LogP contribution in [-0.2, 0) is 11.2 Å². The summed E-state index contributed by atoms with van der Waals surface area (Å²) < 4.78 is 26.7. The van der Waals surface area contributed by atoms with E-state index in [4.69, 9.17) is 0 Å². The summed E-state index contributed by atoms with van der Waals surface area (Å²) in [6.07, 6.45) is 3.80. The number of likely N-dealkylation sites (N-methyl/N-ethyl adjacent to an activating group) is 1. The summed E-state index contributed by atoms with van der Waals surface area (Å²) in [4.78, 5) is 15.0. The Morgan fingerprint density at radius 3 is 2.33 bits per heavy atom. The maximum Gasteiger partial charge on any atom is 0.157 e. The van der Waals surface area contributed by atoms with Gasteiger partial charge in [-0.25, -0.2) is 8.78 Å². The molecule has 0 heterocycles. The quantitative estimate of drug-likeness (QED) is 0.797. The van der Waals surface area contributed by atoms with Gasteiger partial charge in [-0.05, 0) is 37.6 Å². The Kier molecular flexibility index (Phi) is 5.09. The predicted octanol–water partition coefficient (Wildman–Crippen LogP) is 3.73. The highest BCUT2D eigenvalue weighted by molar-refractivity contribution is 5.90. The summed E-state index contributed by atoms with van der Waals surface area (Å²) in [5.41, 5.74) is -0.163. The number of hydrogen-bond acceptors (Lipinski definition) is 2. The molecule has 1 aromatic carbocycles. The van der Waals surface area contributed by atoms with Crippen LogP contribution in [0.4, 0.5) is 8.78 Å². The van der Waals surface area contributed by atoms with Gasteiger partial charge in [0.25, 0.3) is 0 Å². The van der Waals surface area contributed by atoms with Gasteiger partial charge in [-0.1, -0.05) is 32.8 Å². The molecule has 1 aliphatic carbocycles. The first-order valence-corrected chi connectivity index (χ1v) is 7.75. The molecule has 0 aromatic heterocycles.